The molecule has 2 heterocycles. The Morgan fingerprint density at radius 2 is 1.88 bits per heavy atom. The molecule has 1 saturated heterocycles. The number of rotatable bonds is 5. The second-order valence-electron chi connectivity index (χ2n) is 7.63. The number of fused-ring (bicyclic) bond motifs is 1. The van der Waals surface area contributed by atoms with Gasteiger partial charge in [-0.15, -0.1) is 0 Å². The Labute approximate surface area is 190 Å². The van der Waals surface area contributed by atoms with E-state index in [2.05, 4.69) is 9.97 Å². The van der Waals surface area contributed by atoms with Gasteiger partial charge in [-0.3, -0.25) is 4.79 Å². The van der Waals surface area contributed by atoms with Crippen LogP contribution in [0.3, 0.4) is 0 Å². The van der Waals surface area contributed by atoms with Crippen LogP contribution < -0.4 is 5.56 Å². The lowest BCUT2D eigenvalue weighted by Gasteiger charge is -2.26. The van der Waals surface area contributed by atoms with Crippen molar-refractivity contribution in [3.8, 4) is 0 Å². The molecule has 3 aromatic rings. The van der Waals surface area contributed by atoms with Gasteiger partial charge in [0.05, 0.1) is 21.5 Å². The summed E-state index contributed by atoms with van der Waals surface area (Å²) in [7, 11) is -3.83. The minimum atomic E-state index is -3.83. The van der Waals surface area contributed by atoms with Crippen molar-refractivity contribution in [2.45, 2.75) is 37.2 Å². The van der Waals surface area contributed by atoms with E-state index in [-0.39, 0.29) is 26.9 Å². The number of hydrogen-bond donors (Lipinski definition) is 1. The first-order valence-corrected chi connectivity index (χ1v) is 12.1. The van der Waals surface area contributed by atoms with Crippen molar-refractivity contribution in [2.75, 3.05) is 13.1 Å². The predicted octanol–water partition coefficient (Wildman–Crippen LogP) is 3.67. The minimum absolute atomic E-state index is 0.0416. The molecule has 1 aromatic heterocycles. The fourth-order valence-electron chi connectivity index (χ4n) is 3.65. The number of carbonyl (C=O) groups is 1. The first kappa shape index (κ1) is 22.4. The number of nitrogens with one attached hydrogen (secondary N) is 1. The lowest BCUT2D eigenvalue weighted by molar-refractivity contribution is 0.0319. The van der Waals surface area contributed by atoms with Crippen molar-refractivity contribution in [1.29, 1.82) is 0 Å². The van der Waals surface area contributed by atoms with Crippen LogP contribution in [0.15, 0.2) is 52.2 Å². The number of aromatic amines is 1. The number of carbonyl (C=O) groups excluding carboxylic acids is 1. The lowest BCUT2D eigenvalue weighted by atomic mass is 10.2. The van der Waals surface area contributed by atoms with Crippen LogP contribution in [0, 0.1) is 0 Å². The standard InChI is InChI=1S/C22H22ClN3O5S/c1-14(20-24-18-8-4-3-7-16(18)21(27)25-20)31-22(28)15-9-10-17(23)19(13-15)32(29,30)26-11-5-2-6-12-26/h3-4,7-10,13-14H,2,5-6,11-12H2,1H3,(H,24,25,27)/t14-/m0/s1. The third kappa shape index (κ3) is 4.41. The number of ether oxygens (including phenoxy) is 1. The van der Waals surface area contributed by atoms with E-state index in [4.69, 9.17) is 16.3 Å². The van der Waals surface area contributed by atoms with Gasteiger partial charge in [0.2, 0.25) is 10.0 Å². The molecule has 1 aliphatic rings. The molecule has 1 atom stereocenters. The van der Waals surface area contributed by atoms with E-state index in [9.17, 15) is 18.0 Å². The second-order valence-corrected chi connectivity index (χ2v) is 9.94. The highest BCUT2D eigenvalue weighted by atomic mass is 35.5. The molecule has 0 radical (unpaired) electrons. The highest BCUT2D eigenvalue weighted by Crippen LogP contribution is 2.28. The van der Waals surface area contributed by atoms with Gasteiger partial charge in [-0.2, -0.15) is 4.31 Å². The predicted molar refractivity (Wildman–Crippen MR) is 120 cm³/mol. The maximum absolute atomic E-state index is 13.0. The lowest BCUT2D eigenvalue weighted by Crippen LogP contribution is -2.35. The van der Waals surface area contributed by atoms with E-state index in [1.54, 1.807) is 31.2 Å². The molecule has 1 aliphatic heterocycles. The zero-order chi connectivity index (χ0) is 22.9. The molecule has 4 rings (SSSR count). The van der Waals surface area contributed by atoms with Gasteiger partial charge >= 0.3 is 5.97 Å². The van der Waals surface area contributed by atoms with Crippen molar-refractivity contribution >= 4 is 38.5 Å². The zero-order valence-corrected chi connectivity index (χ0v) is 18.9. The van der Waals surface area contributed by atoms with E-state index in [1.807, 2.05) is 0 Å². The van der Waals surface area contributed by atoms with Gasteiger partial charge in [0.15, 0.2) is 11.9 Å². The highest BCUT2D eigenvalue weighted by Gasteiger charge is 2.29. The molecule has 8 nitrogen and oxygen atoms in total. The van der Waals surface area contributed by atoms with E-state index < -0.39 is 22.1 Å². The number of nitrogens with zero attached hydrogens (tertiary/aromatic N) is 2. The molecule has 0 unspecified atom stereocenters. The third-order valence-electron chi connectivity index (χ3n) is 5.40. The third-order valence-corrected chi connectivity index (χ3v) is 7.78. The average molecular weight is 476 g/mol. The molecule has 0 saturated carbocycles. The number of para-hydroxylation sites is 1. The quantitative estimate of drug-likeness (QED) is 0.564. The van der Waals surface area contributed by atoms with Crippen LogP contribution in [-0.4, -0.2) is 41.7 Å². The van der Waals surface area contributed by atoms with Gasteiger partial charge in [-0.1, -0.05) is 30.2 Å². The van der Waals surface area contributed by atoms with E-state index in [1.165, 1.54) is 22.5 Å². The maximum atomic E-state index is 13.0. The summed E-state index contributed by atoms with van der Waals surface area (Å²) in [4.78, 5) is 31.9. The number of aromatic nitrogens is 2. The fraction of sp³-hybridized carbons (Fsp3) is 0.318. The number of benzene rings is 2. The minimum Gasteiger partial charge on any atom is -0.451 e. The van der Waals surface area contributed by atoms with E-state index in [0.717, 1.165) is 19.3 Å². The topological polar surface area (TPSA) is 109 Å². The summed E-state index contributed by atoms with van der Waals surface area (Å²) in [5, 5.41) is 0.473. The Bertz CT molecular complexity index is 1330. The highest BCUT2D eigenvalue weighted by molar-refractivity contribution is 7.89. The average Bonchev–Trinajstić information content (AvgIpc) is 2.79. The van der Waals surface area contributed by atoms with Crippen LogP contribution in [0.5, 0.6) is 0 Å². The molecule has 2 aromatic carbocycles. The second kappa shape index (κ2) is 9.01. The van der Waals surface area contributed by atoms with Gasteiger partial charge in [0.25, 0.3) is 5.56 Å². The van der Waals surface area contributed by atoms with Crippen LogP contribution in [0.4, 0.5) is 0 Å². The molecule has 1 N–H and O–H groups in total. The van der Waals surface area contributed by atoms with Crippen molar-refractivity contribution in [1.82, 2.24) is 14.3 Å². The molecule has 168 valence electrons. The van der Waals surface area contributed by atoms with E-state index >= 15 is 0 Å². The largest absolute Gasteiger partial charge is 0.451 e. The smallest absolute Gasteiger partial charge is 0.338 e. The Kier molecular flexibility index (Phi) is 6.32. The molecule has 32 heavy (non-hydrogen) atoms. The summed E-state index contributed by atoms with van der Waals surface area (Å²) in [5.41, 5.74) is 0.186. The molecule has 0 aliphatic carbocycles. The monoisotopic (exact) mass is 475 g/mol. The van der Waals surface area contributed by atoms with E-state index in [0.29, 0.717) is 24.0 Å². The summed E-state index contributed by atoms with van der Waals surface area (Å²) in [6, 6.07) is 10.8. The Balaban J connectivity index is 1.59. The SMILES string of the molecule is C[C@H](OC(=O)c1ccc(Cl)c(S(=O)(=O)N2CCCCC2)c1)c1nc2ccccc2c(=O)[nH]1. The van der Waals surface area contributed by atoms with Crippen molar-refractivity contribution in [3.63, 3.8) is 0 Å². The van der Waals surface area contributed by atoms with Gasteiger partial charge < -0.3 is 9.72 Å². The van der Waals surface area contributed by atoms with Crippen LogP contribution in [0.2, 0.25) is 5.02 Å². The van der Waals surface area contributed by atoms with Crippen molar-refractivity contribution in [3.05, 3.63) is 69.2 Å². The number of sulfonamides is 1. The van der Waals surface area contributed by atoms with Gasteiger partial charge in [-0.25, -0.2) is 18.2 Å². The van der Waals surface area contributed by atoms with Gasteiger partial charge in [-0.05, 0) is 50.1 Å². The van der Waals surface area contributed by atoms with Crippen LogP contribution in [0.1, 0.15) is 48.5 Å². The molecule has 0 bridgehead atoms. The van der Waals surface area contributed by atoms with Crippen LogP contribution in [0.25, 0.3) is 10.9 Å². The van der Waals surface area contributed by atoms with Gasteiger partial charge in [0.1, 0.15) is 4.90 Å². The molecule has 0 spiro atoms. The summed E-state index contributed by atoms with van der Waals surface area (Å²) in [6.07, 6.45) is 1.69. The normalized spacial score (nSPS) is 16.1. The van der Waals surface area contributed by atoms with Gasteiger partial charge in [0, 0.05) is 13.1 Å². The molecular weight excluding hydrogens is 454 g/mol. The fourth-order valence-corrected chi connectivity index (χ4v) is 5.67. The number of hydrogen-bond acceptors (Lipinski definition) is 6. The zero-order valence-electron chi connectivity index (χ0n) is 17.4. The maximum Gasteiger partial charge on any atom is 0.338 e. The van der Waals surface area contributed by atoms with Crippen molar-refractivity contribution in [2.24, 2.45) is 0 Å². The first-order valence-electron chi connectivity index (χ1n) is 10.3. The number of H-pyrrole nitrogens is 1. The van der Waals surface area contributed by atoms with Crippen LogP contribution in [-0.2, 0) is 14.8 Å². The summed E-state index contributed by atoms with van der Waals surface area (Å²) in [6.45, 7) is 2.42. The van der Waals surface area contributed by atoms with Crippen LogP contribution >= 0.6 is 11.6 Å². The Hall–Kier alpha value is -2.75. The number of halogens is 1. The molecule has 0 amide bonds. The Morgan fingerprint density at radius 3 is 2.62 bits per heavy atom. The summed E-state index contributed by atoms with van der Waals surface area (Å²) in [5.74, 6) is -0.558. The molecule has 10 heteroatoms. The summed E-state index contributed by atoms with van der Waals surface area (Å²) < 4.78 is 32.9. The summed E-state index contributed by atoms with van der Waals surface area (Å²) >= 11 is 6.17. The first-order chi connectivity index (χ1) is 15.3. The number of esters is 1. The Morgan fingerprint density at radius 1 is 1.16 bits per heavy atom. The van der Waals surface area contributed by atoms with Crippen molar-refractivity contribution < 1.29 is 17.9 Å². The molecular formula is C22H22ClN3O5S. The number of piperidine rings is 1. The molecule has 1 fully saturated rings.